The highest BCUT2D eigenvalue weighted by Crippen LogP contribution is 2.16. The van der Waals surface area contributed by atoms with Crippen molar-refractivity contribution in [1.82, 2.24) is 10.3 Å². The molecule has 1 heterocycles. The third-order valence-corrected chi connectivity index (χ3v) is 1.85. The summed E-state index contributed by atoms with van der Waals surface area (Å²) in [5.41, 5.74) is 13.0. The maximum Gasteiger partial charge on any atom is 0.0549 e. The van der Waals surface area contributed by atoms with Crippen molar-refractivity contribution in [1.29, 1.82) is 0 Å². The molecule has 1 unspecified atom stereocenters. The summed E-state index contributed by atoms with van der Waals surface area (Å²) in [5.74, 6) is 0. The second-order valence-electron chi connectivity index (χ2n) is 2.58. The Bertz CT molecular complexity index is 245. The first-order valence-electron chi connectivity index (χ1n) is 3.86. The summed E-state index contributed by atoms with van der Waals surface area (Å²) in [4.78, 5) is 3.90. The van der Waals surface area contributed by atoms with Crippen molar-refractivity contribution >= 4 is 5.69 Å². The van der Waals surface area contributed by atoms with Gasteiger partial charge in [-0.1, -0.05) is 0 Å². The highest BCUT2D eigenvalue weighted by atomic mass is 14.9. The van der Waals surface area contributed by atoms with Crippen LogP contribution < -0.4 is 16.8 Å². The van der Waals surface area contributed by atoms with E-state index in [1.165, 1.54) is 0 Å². The zero-order valence-corrected chi connectivity index (χ0v) is 7.12. The van der Waals surface area contributed by atoms with Crippen molar-refractivity contribution in [3.05, 3.63) is 24.0 Å². The molecule has 0 radical (unpaired) electrons. The molecule has 4 heteroatoms. The minimum absolute atomic E-state index is 0.119. The molecular weight excluding hydrogens is 152 g/mol. The van der Waals surface area contributed by atoms with Crippen molar-refractivity contribution in [3.8, 4) is 0 Å². The molecule has 0 fully saturated rings. The third kappa shape index (κ3) is 1.72. The maximum absolute atomic E-state index is 5.71. The van der Waals surface area contributed by atoms with Gasteiger partial charge in [-0.2, -0.15) is 0 Å². The van der Waals surface area contributed by atoms with Crippen LogP contribution >= 0.6 is 0 Å². The Balaban J connectivity index is 2.92. The number of hydrogen-bond acceptors (Lipinski definition) is 4. The van der Waals surface area contributed by atoms with Crippen LogP contribution in [0.5, 0.6) is 0 Å². The monoisotopic (exact) mass is 166 g/mol. The van der Waals surface area contributed by atoms with Crippen molar-refractivity contribution in [2.45, 2.75) is 6.04 Å². The number of anilines is 1. The van der Waals surface area contributed by atoms with Gasteiger partial charge in [-0.15, -0.1) is 0 Å². The number of nitrogen functional groups attached to an aromatic ring is 1. The molecule has 0 spiro atoms. The van der Waals surface area contributed by atoms with E-state index < -0.39 is 0 Å². The molecular formula is C8H14N4. The van der Waals surface area contributed by atoms with Crippen molar-refractivity contribution < 1.29 is 0 Å². The van der Waals surface area contributed by atoms with Crippen molar-refractivity contribution in [3.63, 3.8) is 0 Å². The Morgan fingerprint density at radius 2 is 2.42 bits per heavy atom. The lowest BCUT2D eigenvalue weighted by molar-refractivity contribution is 0.607. The molecule has 0 aliphatic heterocycles. The lowest BCUT2D eigenvalue weighted by Crippen LogP contribution is -2.25. The van der Waals surface area contributed by atoms with Gasteiger partial charge in [0.05, 0.1) is 11.9 Å². The zero-order valence-electron chi connectivity index (χ0n) is 7.12. The minimum atomic E-state index is 0.119. The molecule has 0 bridgehead atoms. The Morgan fingerprint density at radius 1 is 1.67 bits per heavy atom. The molecule has 0 saturated carbocycles. The quantitative estimate of drug-likeness (QED) is 0.585. The normalized spacial score (nSPS) is 12.8. The van der Waals surface area contributed by atoms with Gasteiger partial charge >= 0.3 is 0 Å². The predicted octanol–water partition coefficient (Wildman–Crippen LogP) is -0.117. The molecule has 1 aromatic heterocycles. The summed E-state index contributed by atoms with van der Waals surface area (Å²) >= 11 is 0. The van der Waals surface area contributed by atoms with Gasteiger partial charge in [0.1, 0.15) is 0 Å². The van der Waals surface area contributed by atoms with Crippen LogP contribution in [-0.4, -0.2) is 18.6 Å². The van der Waals surface area contributed by atoms with Gasteiger partial charge in [0.2, 0.25) is 0 Å². The van der Waals surface area contributed by atoms with Crippen LogP contribution in [0.15, 0.2) is 18.5 Å². The van der Waals surface area contributed by atoms with Crippen LogP contribution in [-0.2, 0) is 0 Å². The van der Waals surface area contributed by atoms with E-state index in [9.17, 15) is 0 Å². The first-order valence-corrected chi connectivity index (χ1v) is 3.86. The number of likely N-dealkylation sites (N-methyl/N-ethyl adjacent to an activating group) is 1. The fraction of sp³-hybridized carbons (Fsp3) is 0.375. The Labute approximate surface area is 72.0 Å². The fourth-order valence-corrected chi connectivity index (χ4v) is 1.14. The molecule has 1 atom stereocenters. The SMILES string of the molecule is CNC(CN)c1ccncc1N. The van der Waals surface area contributed by atoms with Crippen LogP contribution in [0.25, 0.3) is 0 Å². The summed E-state index contributed by atoms with van der Waals surface area (Å²) in [7, 11) is 1.86. The number of nitrogens with zero attached hydrogens (tertiary/aromatic N) is 1. The summed E-state index contributed by atoms with van der Waals surface area (Å²) in [5, 5.41) is 3.08. The molecule has 66 valence electrons. The van der Waals surface area contributed by atoms with E-state index in [0.717, 1.165) is 5.56 Å². The van der Waals surface area contributed by atoms with Gasteiger partial charge in [0.15, 0.2) is 0 Å². The summed E-state index contributed by atoms with van der Waals surface area (Å²) < 4.78 is 0. The lowest BCUT2D eigenvalue weighted by atomic mass is 10.1. The standard InChI is InChI=1S/C8H14N4/c1-11-8(4-9)6-2-3-12-5-7(6)10/h2-3,5,8,11H,4,9-10H2,1H3. The number of rotatable bonds is 3. The molecule has 1 rings (SSSR count). The summed E-state index contributed by atoms with van der Waals surface area (Å²) in [6.45, 7) is 0.532. The van der Waals surface area contributed by atoms with Gasteiger partial charge in [0, 0.05) is 18.8 Å². The van der Waals surface area contributed by atoms with E-state index in [1.807, 2.05) is 13.1 Å². The van der Waals surface area contributed by atoms with Gasteiger partial charge < -0.3 is 16.8 Å². The lowest BCUT2D eigenvalue weighted by Gasteiger charge is -2.15. The van der Waals surface area contributed by atoms with Crippen LogP contribution in [0.4, 0.5) is 5.69 Å². The molecule has 5 N–H and O–H groups in total. The highest BCUT2D eigenvalue weighted by molar-refractivity contribution is 5.45. The second kappa shape index (κ2) is 4.04. The van der Waals surface area contributed by atoms with E-state index in [4.69, 9.17) is 11.5 Å². The number of aromatic nitrogens is 1. The Hall–Kier alpha value is -1.13. The van der Waals surface area contributed by atoms with Crippen molar-refractivity contribution in [2.24, 2.45) is 5.73 Å². The minimum Gasteiger partial charge on any atom is -0.397 e. The average Bonchev–Trinajstić information content (AvgIpc) is 2.10. The predicted molar refractivity (Wildman–Crippen MR) is 49.5 cm³/mol. The zero-order chi connectivity index (χ0) is 8.97. The van der Waals surface area contributed by atoms with Crippen LogP contribution in [0.1, 0.15) is 11.6 Å². The number of hydrogen-bond donors (Lipinski definition) is 3. The van der Waals surface area contributed by atoms with E-state index >= 15 is 0 Å². The second-order valence-corrected chi connectivity index (χ2v) is 2.58. The largest absolute Gasteiger partial charge is 0.397 e. The molecule has 0 saturated heterocycles. The number of pyridine rings is 1. The van der Waals surface area contributed by atoms with E-state index in [-0.39, 0.29) is 6.04 Å². The maximum atomic E-state index is 5.71. The molecule has 0 aromatic carbocycles. The first kappa shape index (κ1) is 8.96. The van der Waals surface area contributed by atoms with Gasteiger partial charge in [-0.25, -0.2) is 0 Å². The van der Waals surface area contributed by atoms with Gasteiger partial charge in [0.25, 0.3) is 0 Å². The Kier molecular flexibility index (Phi) is 3.01. The van der Waals surface area contributed by atoms with Crippen molar-refractivity contribution in [2.75, 3.05) is 19.3 Å². The summed E-state index contributed by atoms with van der Waals surface area (Å²) in [6.07, 6.45) is 3.35. The van der Waals surface area contributed by atoms with Crippen LogP contribution in [0, 0.1) is 0 Å². The fourth-order valence-electron chi connectivity index (χ4n) is 1.14. The number of nitrogens with one attached hydrogen (secondary N) is 1. The third-order valence-electron chi connectivity index (χ3n) is 1.85. The highest BCUT2D eigenvalue weighted by Gasteiger charge is 2.08. The first-order chi connectivity index (χ1) is 5.79. The van der Waals surface area contributed by atoms with Crippen LogP contribution in [0.3, 0.4) is 0 Å². The Morgan fingerprint density at radius 3 is 2.92 bits per heavy atom. The van der Waals surface area contributed by atoms with Crippen LogP contribution in [0.2, 0.25) is 0 Å². The summed E-state index contributed by atoms with van der Waals surface area (Å²) in [6, 6.07) is 2.00. The van der Waals surface area contributed by atoms with Gasteiger partial charge in [-0.3, -0.25) is 4.98 Å². The molecule has 4 nitrogen and oxygen atoms in total. The van der Waals surface area contributed by atoms with E-state index in [1.54, 1.807) is 12.4 Å². The smallest absolute Gasteiger partial charge is 0.0549 e. The number of nitrogens with two attached hydrogens (primary N) is 2. The molecule has 1 aromatic rings. The molecule has 0 aliphatic carbocycles. The molecule has 0 amide bonds. The molecule has 0 aliphatic rings. The van der Waals surface area contributed by atoms with Gasteiger partial charge in [-0.05, 0) is 18.7 Å². The van der Waals surface area contributed by atoms with E-state index in [2.05, 4.69) is 10.3 Å². The van der Waals surface area contributed by atoms with E-state index in [0.29, 0.717) is 12.2 Å². The topological polar surface area (TPSA) is 77.0 Å². The average molecular weight is 166 g/mol. The molecule has 12 heavy (non-hydrogen) atoms.